The van der Waals surface area contributed by atoms with Gasteiger partial charge in [-0.05, 0) is 25.8 Å². The third-order valence-corrected chi connectivity index (χ3v) is 4.94. The van der Waals surface area contributed by atoms with Crippen molar-refractivity contribution in [1.29, 1.82) is 0 Å². The molecule has 1 unspecified atom stereocenters. The Labute approximate surface area is 156 Å². The predicted octanol–water partition coefficient (Wildman–Crippen LogP) is 1.65. The summed E-state index contributed by atoms with van der Waals surface area (Å²) in [7, 11) is 1.83. The Morgan fingerprint density at radius 2 is 2.11 bits per heavy atom. The minimum Gasteiger partial charge on any atom is -0.379 e. The van der Waals surface area contributed by atoms with Crippen LogP contribution in [0.25, 0.3) is 0 Å². The van der Waals surface area contributed by atoms with E-state index in [0.717, 1.165) is 17.3 Å². The summed E-state index contributed by atoms with van der Waals surface area (Å²) in [4.78, 5) is 14.2. The molecule has 1 aliphatic rings. The summed E-state index contributed by atoms with van der Waals surface area (Å²) >= 11 is 0. The highest BCUT2D eigenvalue weighted by Crippen LogP contribution is 2.25. The van der Waals surface area contributed by atoms with Crippen molar-refractivity contribution in [2.24, 2.45) is 7.05 Å². The van der Waals surface area contributed by atoms with E-state index in [2.05, 4.69) is 10.4 Å². The maximum absolute atomic E-state index is 13.9. The van der Waals surface area contributed by atoms with E-state index in [1.165, 1.54) is 17.0 Å². The van der Waals surface area contributed by atoms with Gasteiger partial charge in [0.1, 0.15) is 0 Å². The first-order valence-corrected chi connectivity index (χ1v) is 8.94. The average molecular weight is 378 g/mol. The second-order valence-corrected chi connectivity index (χ2v) is 7.09. The number of aryl methyl sites for hydroxylation is 2. The van der Waals surface area contributed by atoms with Crippen LogP contribution >= 0.6 is 0 Å². The highest BCUT2D eigenvalue weighted by Gasteiger charge is 2.42. The number of amides is 1. The van der Waals surface area contributed by atoms with E-state index in [1.54, 1.807) is 4.68 Å². The molecule has 2 heterocycles. The fourth-order valence-electron chi connectivity index (χ4n) is 3.48. The zero-order valence-electron chi connectivity index (χ0n) is 15.5. The topological polar surface area (TPSA) is 70.4 Å². The number of benzene rings is 1. The van der Waals surface area contributed by atoms with Crippen LogP contribution in [0.15, 0.2) is 24.4 Å². The molecule has 0 saturated carbocycles. The molecule has 0 bridgehead atoms. The van der Waals surface area contributed by atoms with Crippen LogP contribution in [0.4, 0.5) is 8.78 Å². The molecule has 2 aromatic rings. The molecule has 1 aliphatic heterocycles. The lowest BCUT2D eigenvalue weighted by Gasteiger charge is -2.38. The number of nitrogens with zero attached hydrogens (tertiary/aromatic N) is 3. The van der Waals surface area contributed by atoms with Crippen molar-refractivity contribution < 1.29 is 18.7 Å². The zero-order valence-corrected chi connectivity index (χ0v) is 15.5. The number of piperidine rings is 1. The smallest absolute Gasteiger partial charge is 0.256 e. The Balaban J connectivity index is 1.64. The maximum Gasteiger partial charge on any atom is 0.256 e. The minimum absolute atomic E-state index is 0.0630. The van der Waals surface area contributed by atoms with Gasteiger partial charge in [0.15, 0.2) is 17.2 Å². The number of halogens is 2. The number of aliphatic hydroxyl groups is 1. The predicted molar refractivity (Wildman–Crippen MR) is 95.6 cm³/mol. The van der Waals surface area contributed by atoms with E-state index in [1.807, 2.05) is 20.2 Å². The van der Waals surface area contributed by atoms with Crippen LogP contribution in [-0.2, 0) is 24.9 Å². The number of hydrogen-bond donors (Lipinski definition) is 2. The Morgan fingerprint density at radius 3 is 2.81 bits per heavy atom. The standard InChI is InChI=1S/C19H24F2N4O2/c1-13-15(10-24(2)23-13)9-22-12-19(27)7-4-8-25(18(19)26)11-14-5-3-6-16(20)17(14)21/h3,5-6,10,22,27H,4,7-9,11-12H2,1-2H3. The lowest BCUT2D eigenvalue weighted by atomic mass is 9.91. The number of nitrogens with one attached hydrogen (secondary N) is 1. The van der Waals surface area contributed by atoms with E-state index in [9.17, 15) is 18.7 Å². The normalized spacial score (nSPS) is 20.3. The Hall–Kier alpha value is -2.32. The van der Waals surface area contributed by atoms with Crippen molar-refractivity contribution in [3.63, 3.8) is 0 Å². The third-order valence-electron chi connectivity index (χ3n) is 4.94. The largest absolute Gasteiger partial charge is 0.379 e. The molecule has 146 valence electrons. The van der Waals surface area contributed by atoms with Crippen LogP contribution in [0, 0.1) is 18.6 Å². The first kappa shape index (κ1) is 19.4. The summed E-state index contributed by atoms with van der Waals surface area (Å²) in [5, 5.41) is 18.2. The van der Waals surface area contributed by atoms with E-state index in [0.29, 0.717) is 25.9 Å². The summed E-state index contributed by atoms with van der Waals surface area (Å²) in [5.41, 5.74) is 0.419. The molecule has 6 nitrogen and oxygen atoms in total. The second kappa shape index (κ2) is 7.74. The first-order valence-electron chi connectivity index (χ1n) is 8.94. The van der Waals surface area contributed by atoms with Crippen LogP contribution in [0.2, 0.25) is 0 Å². The second-order valence-electron chi connectivity index (χ2n) is 7.09. The Kier molecular flexibility index (Phi) is 5.57. The highest BCUT2D eigenvalue weighted by atomic mass is 19.2. The van der Waals surface area contributed by atoms with Crippen molar-refractivity contribution in [3.8, 4) is 0 Å². The number of rotatable bonds is 6. The van der Waals surface area contributed by atoms with Gasteiger partial charge < -0.3 is 15.3 Å². The Morgan fingerprint density at radius 1 is 1.33 bits per heavy atom. The summed E-state index contributed by atoms with van der Waals surface area (Å²) < 4.78 is 29.0. The molecule has 2 N–H and O–H groups in total. The van der Waals surface area contributed by atoms with E-state index in [-0.39, 0.29) is 18.7 Å². The summed E-state index contributed by atoms with van der Waals surface area (Å²) in [6, 6.07) is 3.90. The van der Waals surface area contributed by atoms with Gasteiger partial charge in [0.25, 0.3) is 5.91 Å². The van der Waals surface area contributed by atoms with Gasteiger partial charge in [-0.1, -0.05) is 12.1 Å². The molecular formula is C19H24F2N4O2. The van der Waals surface area contributed by atoms with E-state index >= 15 is 0 Å². The summed E-state index contributed by atoms with van der Waals surface area (Å²) in [6.45, 7) is 2.80. The molecule has 8 heteroatoms. The molecule has 1 amide bonds. The van der Waals surface area contributed by atoms with Gasteiger partial charge in [0.05, 0.1) is 5.69 Å². The van der Waals surface area contributed by atoms with Crippen LogP contribution in [-0.4, -0.2) is 44.4 Å². The number of carbonyl (C=O) groups excluding carboxylic acids is 1. The lowest BCUT2D eigenvalue weighted by molar-refractivity contribution is -0.157. The fourth-order valence-corrected chi connectivity index (χ4v) is 3.48. The number of likely N-dealkylation sites (tertiary alicyclic amines) is 1. The molecule has 1 saturated heterocycles. The average Bonchev–Trinajstić information content (AvgIpc) is 2.93. The van der Waals surface area contributed by atoms with Crippen molar-refractivity contribution >= 4 is 5.91 Å². The van der Waals surface area contributed by atoms with Crippen LogP contribution in [0.5, 0.6) is 0 Å². The molecule has 0 aliphatic carbocycles. The van der Waals surface area contributed by atoms with Gasteiger partial charge in [-0.25, -0.2) is 8.78 Å². The summed E-state index contributed by atoms with van der Waals surface area (Å²) in [6.07, 6.45) is 2.80. The molecule has 27 heavy (non-hydrogen) atoms. The zero-order chi connectivity index (χ0) is 19.6. The SMILES string of the molecule is Cc1nn(C)cc1CNCC1(O)CCCN(Cc2cccc(F)c2F)C1=O. The van der Waals surface area contributed by atoms with Crippen LogP contribution in [0.3, 0.4) is 0 Å². The maximum atomic E-state index is 13.9. The molecule has 1 fully saturated rings. The molecule has 1 atom stereocenters. The molecule has 0 spiro atoms. The quantitative estimate of drug-likeness (QED) is 0.802. The van der Waals surface area contributed by atoms with Crippen molar-refractivity contribution in [1.82, 2.24) is 20.0 Å². The van der Waals surface area contributed by atoms with E-state index in [4.69, 9.17) is 0 Å². The molecule has 1 aromatic carbocycles. The Bertz CT molecular complexity index is 839. The number of carbonyl (C=O) groups is 1. The summed E-state index contributed by atoms with van der Waals surface area (Å²) in [5.74, 6) is -2.36. The van der Waals surface area contributed by atoms with Crippen LogP contribution in [0.1, 0.15) is 29.7 Å². The van der Waals surface area contributed by atoms with Gasteiger partial charge in [-0.2, -0.15) is 5.10 Å². The number of hydrogen-bond acceptors (Lipinski definition) is 4. The van der Waals surface area contributed by atoms with Crippen LogP contribution < -0.4 is 5.32 Å². The van der Waals surface area contributed by atoms with Gasteiger partial charge in [0, 0.05) is 50.6 Å². The monoisotopic (exact) mass is 378 g/mol. The van der Waals surface area contributed by atoms with Gasteiger partial charge in [-0.3, -0.25) is 9.48 Å². The third kappa shape index (κ3) is 4.17. The van der Waals surface area contributed by atoms with Crippen molar-refractivity contribution in [3.05, 3.63) is 52.9 Å². The number of aromatic nitrogens is 2. The molecular weight excluding hydrogens is 354 g/mol. The molecule has 0 radical (unpaired) electrons. The van der Waals surface area contributed by atoms with Gasteiger partial charge in [0.2, 0.25) is 0 Å². The lowest BCUT2D eigenvalue weighted by Crippen LogP contribution is -2.57. The molecule has 1 aromatic heterocycles. The van der Waals surface area contributed by atoms with Gasteiger partial charge in [-0.15, -0.1) is 0 Å². The fraction of sp³-hybridized carbons (Fsp3) is 0.474. The highest BCUT2D eigenvalue weighted by molar-refractivity contribution is 5.86. The molecule has 3 rings (SSSR count). The van der Waals surface area contributed by atoms with Gasteiger partial charge >= 0.3 is 0 Å². The first-order chi connectivity index (χ1) is 12.8. The minimum atomic E-state index is -1.56. The van der Waals surface area contributed by atoms with E-state index < -0.39 is 23.1 Å². The van der Waals surface area contributed by atoms with Crippen molar-refractivity contribution in [2.45, 2.75) is 38.5 Å². The van der Waals surface area contributed by atoms with Crippen molar-refractivity contribution in [2.75, 3.05) is 13.1 Å².